The van der Waals surface area contributed by atoms with E-state index < -0.39 is 5.97 Å². The molecule has 0 aliphatic carbocycles. The Balaban J connectivity index is 2.05. The molecule has 0 unspecified atom stereocenters. The maximum absolute atomic E-state index is 12.7. The molecule has 3 rings (SSSR count). The standard InChI is InChI=1S/C17H14N2O3/c1-2-15(20)22-18-16-13-10-6-7-11-14(13)19(17(16)21)12-8-4-3-5-9-12/h3-11H,2H2,1H3/b18-16+. The minimum atomic E-state index is -0.476. The molecule has 1 heterocycles. The zero-order chi connectivity index (χ0) is 15.5. The zero-order valence-electron chi connectivity index (χ0n) is 12.0. The van der Waals surface area contributed by atoms with Crippen molar-refractivity contribution >= 4 is 29.0 Å². The van der Waals surface area contributed by atoms with Crippen molar-refractivity contribution in [3.8, 4) is 0 Å². The lowest BCUT2D eigenvalue weighted by molar-refractivity contribution is -0.143. The van der Waals surface area contributed by atoms with Gasteiger partial charge in [-0.2, -0.15) is 0 Å². The molecule has 0 N–H and O–H groups in total. The van der Waals surface area contributed by atoms with Gasteiger partial charge in [0.05, 0.1) is 5.69 Å². The van der Waals surface area contributed by atoms with Crippen LogP contribution in [-0.4, -0.2) is 17.6 Å². The normalized spacial score (nSPS) is 15.0. The maximum Gasteiger partial charge on any atom is 0.334 e. The van der Waals surface area contributed by atoms with Crippen LogP contribution >= 0.6 is 0 Å². The molecule has 0 radical (unpaired) electrons. The summed E-state index contributed by atoms with van der Waals surface area (Å²) >= 11 is 0. The van der Waals surface area contributed by atoms with Gasteiger partial charge >= 0.3 is 5.97 Å². The van der Waals surface area contributed by atoms with E-state index in [0.29, 0.717) is 5.56 Å². The van der Waals surface area contributed by atoms with E-state index in [1.807, 2.05) is 48.5 Å². The van der Waals surface area contributed by atoms with Gasteiger partial charge in [0.1, 0.15) is 0 Å². The number of fused-ring (bicyclic) bond motifs is 1. The lowest BCUT2D eigenvalue weighted by Gasteiger charge is -2.16. The van der Waals surface area contributed by atoms with E-state index in [2.05, 4.69) is 5.16 Å². The summed E-state index contributed by atoms with van der Waals surface area (Å²) in [5.41, 5.74) is 2.26. The predicted molar refractivity (Wildman–Crippen MR) is 83.0 cm³/mol. The third-order valence-electron chi connectivity index (χ3n) is 3.35. The fourth-order valence-corrected chi connectivity index (χ4v) is 2.28. The number of carbonyl (C=O) groups excluding carboxylic acids is 2. The highest BCUT2D eigenvalue weighted by Gasteiger charge is 2.35. The molecule has 1 aliphatic heterocycles. The summed E-state index contributed by atoms with van der Waals surface area (Å²) in [4.78, 5) is 30.3. The van der Waals surface area contributed by atoms with Crippen LogP contribution in [0.15, 0.2) is 59.8 Å². The second kappa shape index (κ2) is 5.81. The lowest BCUT2D eigenvalue weighted by atomic mass is 10.1. The summed E-state index contributed by atoms with van der Waals surface area (Å²) in [6.07, 6.45) is 0.203. The van der Waals surface area contributed by atoms with E-state index in [-0.39, 0.29) is 18.0 Å². The predicted octanol–water partition coefficient (Wildman–Crippen LogP) is 3.02. The molecule has 2 aromatic rings. The van der Waals surface area contributed by atoms with E-state index in [1.54, 1.807) is 17.9 Å². The highest BCUT2D eigenvalue weighted by molar-refractivity contribution is 6.55. The molecular weight excluding hydrogens is 280 g/mol. The molecule has 5 nitrogen and oxygen atoms in total. The molecular formula is C17H14N2O3. The number of amides is 1. The second-order valence-electron chi connectivity index (χ2n) is 4.75. The Morgan fingerprint density at radius 3 is 2.50 bits per heavy atom. The van der Waals surface area contributed by atoms with Crippen molar-refractivity contribution in [1.29, 1.82) is 0 Å². The summed E-state index contributed by atoms with van der Waals surface area (Å²) in [5.74, 6) is -0.785. The van der Waals surface area contributed by atoms with Gasteiger partial charge in [0.25, 0.3) is 5.91 Å². The summed E-state index contributed by atoms with van der Waals surface area (Å²) in [6, 6.07) is 16.6. The van der Waals surface area contributed by atoms with Gasteiger partial charge in [0.15, 0.2) is 5.71 Å². The third kappa shape index (κ3) is 2.37. The van der Waals surface area contributed by atoms with Crippen molar-refractivity contribution in [1.82, 2.24) is 0 Å². The van der Waals surface area contributed by atoms with Gasteiger partial charge in [-0.1, -0.05) is 48.5 Å². The fraction of sp³-hybridized carbons (Fsp3) is 0.118. The van der Waals surface area contributed by atoms with E-state index in [0.717, 1.165) is 11.4 Å². The van der Waals surface area contributed by atoms with Crippen LogP contribution in [0.4, 0.5) is 11.4 Å². The van der Waals surface area contributed by atoms with E-state index >= 15 is 0 Å². The van der Waals surface area contributed by atoms with E-state index in [4.69, 9.17) is 4.84 Å². The molecule has 1 aliphatic rings. The zero-order valence-corrected chi connectivity index (χ0v) is 12.0. The topological polar surface area (TPSA) is 59.0 Å². The van der Waals surface area contributed by atoms with Gasteiger partial charge in [-0.05, 0) is 18.2 Å². The van der Waals surface area contributed by atoms with Crippen LogP contribution < -0.4 is 4.90 Å². The fourth-order valence-electron chi connectivity index (χ4n) is 2.28. The van der Waals surface area contributed by atoms with Gasteiger partial charge in [0, 0.05) is 17.7 Å². The van der Waals surface area contributed by atoms with Gasteiger partial charge in [0.2, 0.25) is 0 Å². The van der Waals surface area contributed by atoms with Crippen LogP contribution in [0, 0.1) is 0 Å². The van der Waals surface area contributed by atoms with Gasteiger partial charge in [-0.15, -0.1) is 0 Å². The second-order valence-corrected chi connectivity index (χ2v) is 4.75. The molecule has 2 aromatic carbocycles. The Morgan fingerprint density at radius 1 is 1.09 bits per heavy atom. The average Bonchev–Trinajstić information content (AvgIpc) is 2.85. The average molecular weight is 294 g/mol. The molecule has 0 atom stereocenters. The minimum absolute atomic E-state index is 0.140. The molecule has 1 amide bonds. The van der Waals surface area contributed by atoms with Crippen LogP contribution in [-0.2, 0) is 14.4 Å². The first-order valence-corrected chi connectivity index (χ1v) is 6.99. The number of anilines is 2. The number of hydrogen-bond acceptors (Lipinski definition) is 4. The molecule has 0 saturated carbocycles. The molecule has 5 heteroatoms. The van der Waals surface area contributed by atoms with Crippen LogP contribution in [0.3, 0.4) is 0 Å². The molecule has 22 heavy (non-hydrogen) atoms. The first-order chi connectivity index (χ1) is 10.7. The van der Waals surface area contributed by atoms with E-state index in [9.17, 15) is 9.59 Å². The third-order valence-corrected chi connectivity index (χ3v) is 3.35. The Hall–Kier alpha value is -2.95. The van der Waals surface area contributed by atoms with Crippen LogP contribution in [0.5, 0.6) is 0 Å². The molecule has 0 spiro atoms. The number of rotatable bonds is 3. The van der Waals surface area contributed by atoms with Gasteiger partial charge < -0.3 is 4.84 Å². The minimum Gasteiger partial charge on any atom is -0.317 e. The molecule has 0 bridgehead atoms. The highest BCUT2D eigenvalue weighted by Crippen LogP contribution is 2.35. The number of nitrogens with zero attached hydrogens (tertiary/aromatic N) is 2. The van der Waals surface area contributed by atoms with Crippen molar-refractivity contribution in [2.45, 2.75) is 13.3 Å². The van der Waals surface area contributed by atoms with Crippen molar-refractivity contribution in [3.63, 3.8) is 0 Å². The summed E-state index contributed by atoms with van der Waals surface area (Å²) in [7, 11) is 0. The smallest absolute Gasteiger partial charge is 0.317 e. The monoisotopic (exact) mass is 294 g/mol. The largest absolute Gasteiger partial charge is 0.334 e. The molecule has 0 aromatic heterocycles. The first kappa shape index (κ1) is 14.0. The molecule has 0 saturated heterocycles. The maximum atomic E-state index is 12.7. The van der Waals surface area contributed by atoms with Crippen molar-refractivity contribution in [2.75, 3.05) is 4.90 Å². The van der Waals surface area contributed by atoms with Gasteiger partial charge in [-0.3, -0.25) is 9.69 Å². The van der Waals surface area contributed by atoms with Crippen molar-refractivity contribution < 1.29 is 14.4 Å². The van der Waals surface area contributed by atoms with E-state index in [1.165, 1.54) is 0 Å². The van der Waals surface area contributed by atoms with Crippen LogP contribution in [0.25, 0.3) is 0 Å². The van der Waals surface area contributed by atoms with Crippen molar-refractivity contribution in [2.24, 2.45) is 5.16 Å². The molecule has 110 valence electrons. The Kier molecular flexibility index (Phi) is 3.70. The van der Waals surface area contributed by atoms with Crippen LogP contribution in [0.2, 0.25) is 0 Å². The van der Waals surface area contributed by atoms with Gasteiger partial charge in [-0.25, -0.2) is 4.79 Å². The Morgan fingerprint density at radius 2 is 1.77 bits per heavy atom. The number of para-hydroxylation sites is 2. The quantitative estimate of drug-likeness (QED) is 0.646. The number of carbonyl (C=O) groups is 2. The lowest BCUT2D eigenvalue weighted by Crippen LogP contribution is -2.25. The Labute approximate surface area is 127 Å². The number of hydrogen-bond donors (Lipinski definition) is 0. The Bertz CT molecular complexity index is 754. The summed E-state index contributed by atoms with van der Waals surface area (Å²) in [6.45, 7) is 1.67. The summed E-state index contributed by atoms with van der Waals surface area (Å²) in [5, 5.41) is 3.77. The highest BCUT2D eigenvalue weighted by atomic mass is 16.7. The molecule has 0 fully saturated rings. The van der Waals surface area contributed by atoms with Crippen LogP contribution in [0.1, 0.15) is 18.9 Å². The SMILES string of the molecule is CCC(=O)O/N=C1/C(=O)N(c2ccccc2)c2ccccc21. The first-order valence-electron chi connectivity index (χ1n) is 6.99. The number of benzene rings is 2. The summed E-state index contributed by atoms with van der Waals surface area (Å²) < 4.78 is 0. The van der Waals surface area contributed by atoms with Crippen molar-refractivity contribution in [3.05, 3.63) is 60.2 Å². The number of oxime groups is 1.